The highest BCUT2D eigenvalue weighted by molar-refractivity contribution is 5.93. The van der Waals surface area contributed by atoms with Gasteiger partial charge >= 0.3 is 6.03 Å². The van der Waals surface area contributed by atoms with Gasteiger partial charge in [0.15, 0.2) is 0 Å². The molecule has 0 saturated carbocycles. The fourth-order valence-electron chi connectivity index (χ4n) is 5.13. The molecule has 2 saturated heterocycles. The summed E-state index contributed by atoms with van der Waals surface area (Å²) in [6.45, 7) is 11.5. The number of likely N-dealkylation sites (N-methyl/N-ethyl adjacent to an activating group) is 1. The number of rotatable bonds is 6. The van der Waals surface area contributed by atoms with Gasteiger partial charge in [-0.1, -0.05) is 0 Å². The van der Waals surface area contributed by atoms with Crippen LogP contribution >= 0.6 is 0 Å². The predicted octanol–water partition coefficient (Wildman–Crippen LogP) is 0.0758. The summed E-state index contributed by atoms with van der Waals surface area (Å²) in [6.07, 6.45) is 4.11. The summed E-state index contributed by atoms with van der Waals surface area (Å²) in [5, 5.41) is 5.83. The second-order valence-electron chi connectivity index (χ2n) is 10.0. The van der Waals surface area contributed by atoms with E-state index < -0.39 is 5.56 Å². The third-order valence-corrected chi connectivity index (χ3v) is 7.13. The number of carbonyl (C=O) groups excluding carboxylic acids is 2. The van der Waals surface area contributed by atoms with Crippen LogP contribution in [0.5, 0.6) is 0 Å². The van der Waals surface area contributed by atoms with Gasteiger partial charge in [-0.25, -0.2) is 4.79 Å². The Labute approximate surface area is 195 Å². The molecule has 0 radical (unpaired) electrons. The van der Waals surface area contributed by atoms with Crippen LogP contribution in [0.25, 0.3) is 0 Å². The molecule has 0 aromatic carbocycles. The van der Waals surface area contributed by atoms with Crippen molar-refractivity contribution in [3.8, 4) is 0 Å². The molecule has 4 heterocycles. The Bertz CT molecular complexity index is 938. The van der Waals surface area contributed by atoms with E-state index >= 15 is 0 Å². The fourth-order valence-corrected chi connectivity index (χ4v) is 5.13. The van der Waals surface area contributed by atoms with Crippen LogP contribution in [0.1, 0.15) is 49.3 Å². The predicted molar refractivity (Wildman–Crippen MR) is 126 cm³/mol. The van der Waals surface area contributed by atoms with Crippen LogP contribution in [-0.2, 0) is 12.0 Å². The van der Waals surface area contributed by atoms with Gasteiger partial charge in [-0.3, -0.25) is 9.59 Å². The molecule has 3 aliphatic heterocycles. The Balaban J connectivity index is 1.34. The lowest BCUT2D eigenvalue weighted by Gasteiger charge is -2.32. The van der Waals surface area contributed by atoms with E-state index in [1.807, 2.05) is 23.3 Å². The van der Waals surface area contributed by atoms with E-state index in [2.05, 4.69) is 32.5 Å². The smallest absolute Gasteiger partial charge is 0.317 e. The number of piperazine rings is 1. The van der Waals surface area contributed by atoms with Crippen LogP contribution in [0, 0.1) is 0 Å². The summed E-state index contributed by atoms with van der Waals surface area (Å²) < 4.78 is 1.93. The zero-order valence-corrected chi connectivity index (χ0v) is 20.1. The first-order chi connectivity index (χ1) is 15.8. The van der Waals surface area contributed by atoms with Crippen molar-refractivity contribution in [1.29, 1.82) is 0 Å². The molecular formula is C23H37N7O3. The summed E-state index contributed by atoms with van der Waals surface area (Å²) in [5.41, 5.74) is -0.683. The van der Waals surface area contributed by atoms with Crippen LogP contribution in [-0.4, -0.2) is 102 Å². The zero-order chi connectivity index (χ0) is 23.6. The third kappa shape index (κ3) is 5.22. The lowest BCUT2D eigenvalue weighted by Crippen LogP contribution is -2.45. The Morgan fingerprint density at radius 3 is 2.58 bits per heavy atom. The number of carbonyl (C=O) groups is 2. The highest BCUT2D eigenvalue weighted by Crippen LogP contribution is 2.41. The van der Waals surface area contributed by atoms with E-state index in [9.17, 15) is 14.4 Å². The highest BCUT2D eigenvalue weighted by atomic mass is 16.2. The van der Waals surface area contributed by atoms with Crippen LogP contribution in [0.3, 0.4) is 0 Å². The van der Waals surface area contributed by atoms with E-state index in [1.165, 1.54) is 0 Å². The van der Waals surface area contributed by atoms with E-state index in [0.717, 1.165) is 52.0 Å². The molecule has 33 heavy (non-hydrogen) atoms. The Kier molecular flexibility index (Phi) is 7.04. The van der Waals surface area contributed by atoms with E-state index in [-0.39, 0.29) is 29.0 Å². The molecule has 3 amide bonds. The SMILES string of the molecule is CC(C)NC(=O)N1CC[C@@]2(CCn3cc(C(=O)NCCCN4CCN(C)CC4)c(=O)nc32)C1. The van der Waals surface area contributed by atoms with Crippen molar-refractivity contribution in [2.24, 2.45) is 0 Å². The molecule has 2 fully saturated rings. The number of urea groups is 1. The van der Waals surface area contributed by atoms with E-state index in [1.54, 1.807) is 6.20 Å². The summed E-state index contributed by atoms with van der Waals surface area (Å²) >= 11 is 0. The summed E-state index contributed by atoms with van der Waals surface area (Å²) in [5.74, 6) is 0.352. The normalized spacial score (nSPS) is 23.3. The molecule has 1 aromatic heterocycles. The number of aromatic nitrogens is 2. The number of nitrogens with one attached hydrogen (secondary N) is 2. The first kappa shape index (κ1) is 23.7. The number of hydrogen-bond donors (Lipinski definition) is 2. The maximum atomic E-state index is 12.7. The summed E-state index contributed by atoms with van der Waals surface area (Å²) in [4.78, 5) is 48.7. The minimum absolute atomic E-state index is 0.0738. The van der Waals surface area contributed by atoms with Crippen molar-refractivity contribution >= 4 is 11.9 Å². The molecule has 4 rings (SSSR count). The van der Waals surface area contributed by atoms with Crippen LogP contribution < -0.4 is 16.2 Å². The van der Waals surface area contributed by atoms with Crippen LogP contribution in [0.2, 0.25) is 0 Å². The first-order valence-corrected chi connectivity index (χ1v) is 12.1. The van der Waals surface area contributed by atoms with Gasteiger partial charge < -0.3 is 29.9 Å². The van der Waals surface area contributed by atoms with E-state index in [4.69, 9.17) is 0 Å². The molecule has 0 bridgehead atoms. The van der Waals surface area contributed by atoms with Crippen molar-refractivity contribution in [3.63, 3.8) is 0 Å². The van der Waals surface area contributed by atoms with E-state index in [0.29, 0.717) is 32.0 Å². The summed E-state index contributed by atoms with van der Waals surface area (Å²) in [7, 11) is 2.13. The maximum Gasteiger partial charge on any atom is 0.317 e. The molecule has 1 aromatic rings. The largest absolute Gasteiger partial charge is 0.352 e. The van der Waals surface area contributed by atoms with Gasteiger partial charge in [-0.05, 0) is 46.7 Å². The molecule has 10 heteroatoms. The monoisotopic (exact) mass is 459 g/mol. The minimum atomic E-state index is -0.482. The highest BCUT2D eigenvalue weighted by Gasteiger charge is 2.47. The van der Waals surface area contributed by atoms with Crippen molar-refractivity contribution in [2.45, 2.75) is 51.1 Å². The summed E-state index contributed by atoms with van der Waals surface area (Å²) in [6, 6.07) is 0.00327. The number of hydrogen-bond acceptors (Lipinski definition) is 6. The molecule has 2 N–H and O–H groups in total. The molecule has 1 spiro atoms. The van der Waals surface area contributed by atoms with Gasteiger partial charge in [0.05, 0.1) is 0 Å². The second-order valence-corrected chi connectivity index (χ2v) is 10.0. The standard InChI is InChI=1S/C23H37N7O3/c1-17(2)25-22(33)30-10-6-23(16-30)5-9-29-15-18(20(32)26-21(23)29)19(31)24-7-4-8-28-13-11-27(3)12-14-28/h15,17H,4-14,16H2,1-3H3,(H,24,31)(H,25,33)/t23-/m0/s1. The molecule has 0 unspecified atom stereocenters. The lowest BCUT2D eigenvalue weighted by molar-refractivity contribution is 0.0947. The molecule has 3 aliphatic rings. The third-order valence-electron chi connectivity index (χ3n) is 7.13. The van der Waals surface area contributed by atoms with Gasteiger partial charge in [-0.2, -0.15) is 4.98 Å². The maximum absolute atomic E-state index is 12.7. The van der Waals surface area contributed by atoms with Crippen LogP contribution in [0.4, 0.5) is 4.79 Å². The van der Waals surface area contributed by atoms with Crippen molar-refractivity contribution in [1.82, 2.24) is 34.9 Å². The first-order valence-electron chi connectivity index (χ1n) is 12.1. The molecular weight excluding hydrogens is 422 g/mol. The minimum Gasteiger partial charge on any atom is -0.352 e. The molecule has 1 atom stereocenters. The van der Waals surface area contributed by atoms with Crippen LogP contribution in [0.15, 0.2) is 11.0 Å². The lowest BCUT2D eigenvalue weighted by atomic mass is 9.85. The number of fused-ring (bicyclic) bond motifs is 2. The van der Waals surface area contributed by atoms with Gasteiger partial charge in [-0.15, -0.1) is 0 Å². The Morgan fingerprint density at radius 2 is 1.85 bits per heavy atom. The van der Waals surface area contributed by atoms with Gasteiger partial charge in [0.2, 0.25) is 0 Å². The van der Waals surface area contributed by atoms with Crippen molar-refractivity contribution in [3.05, 3.63) is 27.9 Å². The zero-order valence-electron chi connectivity index (χ0n) is 20.1. The number of aryl methyl sites for hydroxylation is 1. The molecule has 182 valence electrons. The van der Waals surface area contributed by atoms with Crippen molar-refractivity contribution < 1.29 is 9.59 Å². The second kappa shape index (κ2) is 9.80. The van der Waals surface area contributed by atoms with Gasteiger partial charge in [0.1, 0.15) is 11.4 Å². The number of amides is 3. The van der Waals surface area contributed by atoms with Gasteiger partial charge in [0, 0.05) is 70.0 Å². The molecule has 10 nitrogen and oxygen atoms in total. The quantitative estimate of drug-likeness (QED) is 0.584. The topological polar surface area (TPSA) is 103 Å². The molecule has 0 aliphatic carbocycles. The van der Waals surface area contributed by atoms with Gasteiger partial charge in [0.25, 0.3) is 11.5 Å². The average Bonchev–Trinajstić information content (AvgIpc) is 3.36. The Hall–Kier alpha value is -2.46. The average molecular weight is 460 g/mol. The number of nitrogens with zero attached hydrogens (tertiary/aromatic N) is 5. The van der Waals surface area contributed by atoms with Crippen molar-refractivity contribution in [2.75, 3.05) is 59.4 Å². The Morgan fingerprint density at radius 1 is 1.12 bits per heavy atom. The fraction of sp³-hybridized carbons (Fsp3) is 0.739. The number of likely N-dealkylation sites (tertiary alicyclic amines) is 1.